The van der Waals surface area contributed by atoms with Gasteiger partial charge in [0.25, 0.3) is 0 Å². The Morgan fingerprint density at radius 1 is 1.33 bits per heavy atom. The van der Waals surface area contributed by atoms with Crippen LogP contribution in [0.1, 0.15) is 13.8 Å². The van der Waals surface area contributed by atoms with E-state index < -0.39 is 12.2 Å². The average molecular weight is 254 g/mol. The van der Waals surface area contributed by atoms with E-state index in [1.165, 1.54) is 6.33 Å². The van der Waals surface area contributed by atoms with Gasteiger partial charge >= 0.3 is 0 Å². The van der Waals surface area contributed by atoms with Crippen LogP contribution in [0.2, 0.25) is 0 Å². The average Bonchev–Trinajstić information content (AvgIpc) is 2.61. The fraction of sp³-hybridized carbons (Fsp3) is 0.636. The van der Waals surface area contributed by atoms with Crippen molar-refractivity contribution in [3.8, 4) is 5.88 Å². The summed E-state index contributed by atoms with van der Waals surface area (Å²) < 4.78 is 5.47. The third-order valence-corrected chi connectivity index (χ3v) is 2.73. The van der Waals surface area contributed by atoms with Gasteiger partial charge in [-0.1, -0.05) is 0 Å². The zero-order valence-electron chi connectivity index (χ0n) is 10.4. The van der Waals surface area contributed by atoms with Crippen molar-refractivity contribution >= 4 is 11.5 Å². The van der Waals surface area contributed by atoms with Crippen molar-refractivity contribution in [1.29, 1.82) is 0 Å². The SMILES string of the molecule is CC(C)Oc1ncnc(N2CC(O)C(O)C2)c1N. The molecule has 1 saturated heterocycles. The molecule has 0 aromatic carbocycles. The molecule has 18 heavy (non-hydrogen) atoms. The predicted octanol–water partition coefficient (Wildman–Crippen LogP) is -0.612. The lowest BCUT2D eigenvalue weighted by molar-refractivity contribution is 0.0572. The number of nitrogen functional groups attached to an aromatic ring is 1. The maximum atomic E-state index is 9.53. The number of aromatic nitrogens is 2. The Morgan fingerprint density at radius 3 is 2.50 bits per heavy atom. The van der Waals surface area contributed by atoms with Crippen LogP contribution in [0.15, 0.2) is 6.33 Å². The fourth-order valence-corrected chi connectivity index (χ4v) is 1.88. The first-order chi connectivity index (χ1) is 8.49. The molecule has 0 amide bonds. The number of nitrogens with two attached hydrogens (primary N) is 1. The summed E-state index contributed by atoms with van der Waals surface area (Å²) in [6, 6.07) is 0. The van der Waals surface area contributed by atoms with Crippen LogP contribution in [0.5, 0.6) is 5.88 Å². The Balaban J connectivity index is 2.24. The van der Waals surface area contributed by atoms with Gasteiger partial charge in [-0.15, -0.1) is 0 Å². The Kier molecular flexibility index (Phi) is 3.53. The smallest absolute Gasteiger partial charge is 0.242 e. The highest BCUT2D eigenvalue weighted by Gasteiger charge is 2.32. The summed E-state index contributed by atoms with van der Waals surface area (Å²) in [5.74, 6) is 0.808. The zero-order chi connectivity index (χ0) is 13.3. The molecule has 1 aromatic heterocycles. The highest BCUT2D eigenvalue weighted by molar-refractivity contribution is 5.68. The molecule has 0 aliphatic carbocycles. The molecule has 7 heteroatoms. The molecule has 2 heterocycles. The molecule has 1 aromatic rings. The molecule has 0 radical (unpaired) electrons. The highest BCUT2D eigenvalue weighted by atomic mass is 16.5. The van der Waals surface area contributed by atoms with Crippen LogP contribution in [-0.2, 0) is 0 Å². The van der Waals surface area contributed by atoms with Gasteiger partial charge in [-0.3, -0.25) is 0 Å². The van der Waals surface area contributed by atoms with E-state index in [2.05, 4.69) is 9.97 Å². The minimum Gasteiger partial charge on any atom is -0.473 e. The molecule has 0 bridgehead atoms. The van der Waals surface area contributed by atoms with Crippen LogP contribution in [0.3, 0.4) is 0 Å². The second-order valence-corrected chi connectivity index (χ2v) is 4.62. The number of anilines is 2. The first-order valence-electron chi connectivity index (χ1n) is 5.87. The standard InChI is InChI=1S/C11H18N4O3/c1-6(2)18-11-9(12)10(13-5-14-11)15-3-7(16)8(17)4-15/h5-8,16-17H,3-4,12H2,1-2H3. The summed E-state index contributed by atoms with van der Waals surface area (Å²) in [5.41, 5.74) is 6.27. The molecule has 0 saturated carbocycles. The number of aliphatic hydroxyl groups is 2. The van der Waals surface area contributed by atoms with Crippen molar-refractivity contribution in [2.45, 2.75) is 32.2 Å². The van der Waals surface area contributed by atoms with Gasteiger partial charge in [0.2, 0.25) is 5.88 Å². The van der Waals surface area contributed by atoms with Gasteiger partial charge in [-0.2, -0.15) is 4.98 Å². The minimum absolute atomic E-state index is 0.0372. The third kappa shape index (κ3) is 2.46. The summed E-state index contributed by atoms with van der Waals surface area (Å²) >= 11 is 0. The number of hydrogen-bond donors (Lipinski definition) is 3. The number of aliphatic hydroxyl groups excluding tert-OH is 2. The molecular formula is C11H18N4O3. The second kappa shape index (κ2) is 4.95. The molecular weight excluding hydrogens is 236 g/mol. The van der Waals surface area contributed by atoms with E-state index in [4.69, 9.17) is 10.5 Å². The number of hydrogen-bond acceptors (Lipinski definition) is 7. The lowest BCUT2D eigenvalue weighted by Gasteiger charge is -2.20. The minimum atomic E-state index is -0.783. The van der Waals surface area contributed by atoms with Crippen LogP contribution >= 0.6 is 0 Å². The predicted molar refractivity (Wildman–Crippen MR) is 66.4 cm³/mol. The lowest BCUT2D eigenvalue weighted by atomic mass is 10.3. The van der Waals surface area contributed by atoms with Gasteiger partial charge in [-0.05, 0) is 13.8 Å². The Morgan fingerprint density at radius 2 is 1.94 bits per heavy atom. The molecule has 1 aliphatic heterocycles. The van der Waals surface area contributed by atoms with Crippen LogP contribution in [0.4, 0.5) is 11.5 Å². The maximum Gasteiger partial charge on any atom is 0.242 e. The van der Waals surface area contributed by atoms with Gasteiger partial charge in [0.15, 0.2) is 5.82 Å². The van der Waals surface area contributed by atoms with Gasteiger partial charge in [0, 0.05) is 13.1 Å². The van der Waals surface area contributed by atoms with Crippen LogP contribution in [0, 0.1) is 0 Å². The summed E-state index contributed by atoms with van der Waals surface area (Å²) in [5, 5.41) is 19.1. The van der Waals surface area contributed by atoms with Gasteiger partial charge in [-0.25, -0.2) is 4.98 Å². The monoisotopic (exact) mass is 254 g/mol. The Bertz CT molecular complexity index is 417. The van der Waals surface area contributed by atoms with Crippen molar-refractivity contribution < 1.29 is 14.9 Å². The quantitative estimate of drug-likeness (QED) is 0.660. The fourth-order valence-electron chi connectivity index (χ4n) is 1.88. The molecule has 1 fully saturated rings. The molecule has 2 atom stereocenters. The van der Waals surface area contributed by atoms with Gasteiger partial charge in [0.05, 0.1) is 18.3 Å². The van der Waals surface area contributed by atoms with Crippen molar-refractivity contribution in [3.63, 3.8) is 0 Å². The van der Waals surface area contributed by atoms with Crippen molar-refractivity contribution in [2.75, 3.05) is 23.7 Å². The lowest BCUT2D eigenvalue weighted by Crippen LogP contribution is -2.24. The summed E-state index contributed by atoms with van der Waals surface area (Å²) in [6.45, 7) is 4.35. The zero-order valence-corrected chi connectivity index (χ0v) is 10.4. The van der Waals surface area contributed by atoms with Gasteiger partial charge in [0.1, 0.15) is 12.0 Å². The van der Waals surface area contributed by atoms with E-state index in [9.17, 15) is 10.2 Å². The summed E-state index contributed by atoms with van der Waals surface area (Å²) in [4.78, 5) is 9.79. The van der Waals surface area contributed by atoms with Gasteiger partial charge < -0.3 is 25.6 Å². The molecule has 7 nitrogen and oxygen atoms in total. The Labute approximate surface area is 105 Å². The number of nitrogens with zero attached hydrogens (tertiary/aromatic N) is 3. The summed E-state index contributed by atoms with van der Waals surface area (Å²) in [6.07, 6.45) is -0.243. The first kappa shape index (κ1) is 12.8. The topological polar surface area (TPSA) is 105 Å². The van der Waals surface area contributed by atoms with E-state index in [1.807, 2.05) is 13.8 Å². The van der Waals surface area contributed by atoms with E-state index in [0.29, 0.717) is 30.5 Å². The molecule has 2 unspecified atom stereocenters. The van der Waals surface area contributed by atoms with E-state index in [-0.39, 0.29) is 6.10 Å². The van der Waals surface area contributed by atoms with Crippen molar-refractivity contribution in [3.05, 3.63) is 6.33 Å². The number of ether oxygens (including phenoxy) is 1. The molecule has 100 valence electrons. The number of β-amino-alcohol motifs (C(OH)–C–C–N with tert-alkyl or cyclic N) is 2. The van der Waals surface area contributed by atoms with E-state index in [0.717, 1.165) is 0 Å². The van der Waals surface area contributed by atoms with Crippen LogP contribution in [0.25, 0.3) is 0 Å². The van der Waals surface area contributed by atoms with Crippen molar-refractivity contribution in [1.82, 2.24) is 9.97 Å². The summed E-state index contributed by atoms with van der Waals surface area (Å²) in [7, 11) is 0. The maximum absolute atomic E-state index is 9.53. The van der Waals surface area contributed by atoms with Crippen LogP contribution < -0.4 is 15.4 Å². The first-order valence-corrected chi connectivity index (χ1v) is 5.87. The largest absolute Gasteiger partial charge is 0.473 e. The molecule has 4 N–H and O–H groups in total. The normalized spacial score (nSPS) is 23.7. The highest BCUT2D eigenvalue weighted by Crippen LogP contribution is 2.30. The molecule has 1 aliphatic rings. The van der Waals surface area contributed by atoms with Crippen molar-refractivity contribution in [2.24, 2.45) is 0 Å². The van der Waals surface area contributed by atoms with E-state index >= 15 is 0 Å². The second-order valence-electron chi connectivity index (χ2n) is 4.62. The van der Waals surface area contributed by atoms with E-state index in [1.54, 1.807) is 4.90 Å². The Hall–Kier alpha value is -1.60. The van der Waals surface area contributed by atoms with Crippen LogP contribution in [-0.4, -0.2) is 51.6 Å². The number of rotatable bonds is 3. The molecule has 2 rings (SSSR count). The molecule has 0 spiro atoms. The third-order valence-electron chi connectivity index (χ3n) is 2.73.